The minimum Gasteiger partial charge on any atom is -0.414 e. The second-order valence-electron chi connectivity index (χ2n) is 6.54. The van der Waals surface area contributed by atoms with Crippen LogP contribution in [0.1, 0.15) is 32.4 Å². The molecule has 0 fully saturated rings. The van der Waals surface area contributed by atoms with Crippen LogP contribution in [0.15, 0.2) is 30.3 Å². The van der Waals surface area contributed by atoms with Crippen molar-refractivity contribution in [3.63, 3.8) is 0 Å². The van der Waals surface area contributed by atoms with Gasteiger partial charge in [0, 0.05) is 7.11 Å². The highest BCUT2D eigenvalue weighted by Crippen LogP contribution is 2.37. The van der Waals surface area contributed by atoms with Gasteiger partial charge in [-0.25, -0.2) is 0 Å². The Balaban J connectivity index is 2.72. The van der Waals surface area contributed by atoms with Crippen molar-refractivity contribution in [2.24, 2.45) is 0 Å². The molecule has 0 bridgehead atoms. The lowest BCUT2D eigenvalue weighted by Crippen LogP contribution is -2.42. The molecule has 1 aromatic carbocycles. The highest BCUT2D eigenvalue weighted by Gasteiger charge is 2.37. The average molecular weight is 296 g/mol. The quantitative estimate of drug-likeness (QED) is 0.552. The van der Waals surface area contributed by atoms with Gasteiger partial charge in [-0.1, -0.05) is 51.1 Å². The maximum atomic E-state index is 6.27. The molecule has 0 unspecified atom stereocenters. The molecule has 20 heavy (non-hydrogen) atoms. The zero-order valence-electron chi connectivity index (χ0n) is 13.6. The molecule has 3 nitrogen and oxygen atoms in total. The zero-order chi connectivity index (χ0) is 15.2. The van der Waals surface area contributed by atoms with Crippen LogP contribution in [0.5, 0.6) is 0 Å². The van der Waals surface area contributed by atoms with E-state index >= 15 is 0 Å². The van der Waals surface area contributed by atoms with E-state index in [2.05, 4.69) is 46.0 Å². The van der Waals surface area contributed by atoms with Crippen molar-refractivity contribution in [2.45, 2.75) is 45.0 Å². The van der Waals surface area contributed by atoms with Crippen LogP contribution < -0.4 is 0 Å². The third-order valence-corrected chi connectivity index (χ3v) is 8.46. The Morgan fingerprint density at radius 1 is 1.10 bits per heavy atom. The predicted molar refractivity (Wildman–Crippen MR) is 85.3 cm³/mol. The third kappa shape index (κ3) is 5.02. The van der Waals surface area contributed by atoms with Gasteiger partial charge in [-0.15, -0.1) is 0 Å². The van der Waals surface area contributed by atoms with Crippen LogP contribution in [-0.4, -0.2) is 28.8 Å². The van der Waals surface area contributed by atoms with E-state index in [0.717, 1.165) is 5.56 Å². The molecule has 0 heterocycles. The maximum absolute atomic E-state index is 6.27. The molecule has 1 atom stereocenters. The molecule has 1 rings (SSSR count). The van der Waals surface area contributed by atoms with Gasteiger partial charge in [0.1, 0.15) is 12.9 Å². The Bertz CT molecular complexity index is 384. The minimum atomic E-state index is -1.76. The van der Waals surface area contributed by atoms with E-state index in [0.29, 0.717) is 6.61 Å². The Labute approximate surface area is 124 Å². The van der Waals surface area contributed by atoms with Crippen LogP contribution in [-0.2, 0) is 13.9 Å². The van der Waals surface area contributed by atoms with Crippen molar-refractivity contribution in [1.82, 2.24) is 0 Å². The molecule has 0 amide bonds. The fourth-order valence-corrected chi connectivity index (χ4v) is 2.56. The molecule has 0 saturated carbocycles. The van der Waals surface area contributed by atoms with Gasteiger partial charge in [0.2, 0.25) is 0 Å². The van der Waals surface area contributed by atoms with Crippen LogP contribution >= 0.6 is 0 Å². The van der Waals surface area contributed by atoms with Crippen LogP contribution in [0.4, 0.5) is 0 Å². The molecule has 0 aromatic heterocycles. The summed E-state index contributed by atoms with van der Waals surface area (Å²) in [7, 11) is -0.125. The summed E-state index contributed by atoms with van der Waals surface area (Å²) in [5, 5.41) is 0.204. The Morgan fingerprint density at radius 3 is 2.20 bits per heavy atom. The van der Waals surface area contributed by atoms with Crippen molar-refractivity contribution in [2.75, 3.05) is 20.5 Å². The fraction of sp³-hybridized carbons (Fsp3) is 0.625. The largest absolute Gasteiger partial charge is 0.414 e. The summed E-state index contributed by atoms with van der Waals surface area (Å²) in [6.45, 7) is 12.1. The lowest BCUT2D eigenvalue weighted by molar-refractivity contribution is -0.0870. The fourth-order valence-electron chi connectivity index (χ4n) is 1.56. The van der Waals surface area contributed by atoms with Crippen LogP contribution in [0, 0.1) is 0 Å². The second kappa shape index (κ2) is 7.36. The number of ether oxygens (including phenoxy) is 2. The van der Waals surface area contributed by atoms with Gasteiger partial charge < -0.3 is 13.9 Å². The normalized spacial score (nSPS) is 14.3. The molecule has 0 aliphatic rings. The second-order valence-corrected chi connectivity index (χ2v) is 11.4. The molecular formula is C16H28O3Si. The Morgan fingerprint density at radius 2 is 1.70 bits per heavy atom. The molecule has 114 valence electrons. The molecule has 0 saturated heterocycles. The highest BCUT2D eigenvalue weighted by atomic mass is 28.4. The summed E-state index contributed by atoms with van der Waals surface area (Å²) in [6.07, 6.45) is -0.0784. The zero-order valence-corrected chi connectivity index (χ0v) is 14.6. The van der Waals surface area contributed by atoms with Gasteiger partial charge in [0.05, 0.1) is 6.61 Å². The van der Waals surface area contributed by atoms with E-state index in [9.17, 15) is 0 Å². The van der Waals surface area contributed by atoms with Crippen molar-refractivity contribution in [3.8, 4) is 0 Å². The first-order valence-corrected chi connectivity index (χ1v) is 9.98. The van der Waals surface area contributed by atoms with Gasteiger partial charge >= 0.3 is 0 Å². The number of methoxy groups -OCH3 is 1. The Kier molecular flexibility index (Phi) is 6.39. The van der Waals surface area contributed by atoms with Gasteiger partial charge in [-0.2, -0.15) is 0 Å². The van der Waals surface area contributed by atoms with E-state index in [1.54, 1.807) is 7.11 Å². The number of rotatable bonds is 7. The first kappa shape index (κ1) is 17.4. The van der Waals surface area contributed by atoms with Crippen LogP contribution in [0.3, 0.4) is 0 Å². The number of benzene rings is 1. The maximum Gasteiger partial charge on any atom is 0.192 e. The van der Waals surface area contributed by atoms with Gasteiger partial charge in [-0.05, 0) is 23.7 Å². The van der Waals surface area contributed by atoms with Crippen molar-refractivity contribution in [3.05, 3.63) is 35.9 Å². The van der Waals surface area contributed by atoms with E-state index < -0.39 is 8.32 Å². The van der Waals surface area contributed by atoms with Crippen LogP contribution in [0.25, 0.3) is 0 Å². The standard InChI is InChI=1S/C16H28O3Si/c1-16(2,3)20(5,6)19-12-15(18-13-17-4)14-10-8-7-9-11-14/h7-11,15H,12-13H2,1-6H3/t15-/m0/s1. The predicted octanol–water partition coefficient (Wildman–Crippen LogP) is 4.37. The highest BCUT2D eigenvalue weighted by molar-refractivity contribution is 6.74. The molecule has 0 aliphatic carbocycles. The van der Waals surface area contributed by atoms with E-state index in [-0.39, 0.29) is 17.9 Å². The van der Waals surface area contributed by atoms with Crippen molar-refractivity contribution >= 4 is 8.32 Å². The van der Waals surface area contributed by atoms with Gasteiger partial charge in [0.25, 0.3) is 0 Å². The van der Waals surface area contributed by atoms with Gasteiger partial charge in [-0.3, -0.25) is 0 Å². The lowest BCUT2D eigenvalue weighted by Gasteiger charge is -2.37. The first-order valence-electron chi connectivity index (χ1n) is 7.07. The topological polar surface area (TPSA) is 27.7 Å². The van der Waals surface area contributed by atoms with E-state index in [4.69, 9.17) is 13.9 Å². The Hall–Kier alpha value is -0.683. The summed E-state index contributed by atoms with van der Waals surface area (Å²) in [4.78, 5) is 0. The molecule has 0 radical (unpaired) electrons. The molecule has 0 aliphatic heterocycles. The number of hydrogen-bond acceptors (Lipinski definition) is 3. The first-order chi connectivity index (χ1) is 9.28. The molecule has 0 N–H and O–H groups in total. The summed E-state index contributed by atoms with van der Waals surface area (Å²) in [5.41, 5.74) is 1.13. The SMILES string of the molecule is COCO[C@@H](CO[Si](C)(C)C(C)(C)C)c1ccccc1. The smallest absolute Gasteiger partial charge is 0.192 e. The lowest BCUT2D eigenvalue weighted by atomic mass is 10.1. The van der Waals surface area contributed by atoms with Gasteiger partial charge in [0.15, 0.2) is 8.32 Å². The molecular weight excluding hydrogens is 268 g/mol. The van der Waals surface area contributed by atoms with E-state index in [1.165, 1.54) is 0 Å². The summed E-state index contributed by atoms with van der Waals surface area (Å²) in [6, 6.07) is 10.2. The monoisotopic (exact) mass is 296 g/mol. The molecule has 1 aromatic rings. The van der Waals surface area contributed by atoms with E-state index in [1.807, 2.05) is 18.2 Å². The van der Waals surface area contributed by atoms with Crippen LogP contribution in [0.2, 0.25) is 18.1 Å². The molecule has 4 heteroatoms. The third-order valence-electron chi connectivity index (χ3n) is 3.96. The minimum absolute atomic E-state index is 0.0784. The molecule has 0 spiro atoms. The van der Waals surface area contributed by atoms with Crippen molar-refractivity contribution < 1.29 is 13.9 Å². The number of hydrogen-bond donors (Lipinski definition) is 0. The summed E-state index contributed by atoms with van der Waals surface area (Å²) >= 11 is 0. The van der Waals surface area contributed by atoms with Crippen molar-refractivity contribution in [1.29, 1.82) is 0 Å². The summed E-state index contributed by atoms with van der Waals surface area (Å²) < 4.78 is 17.1. The average Bonchev–Trinajstić information content (AvgIpc) is 2.38. The summed E-state index contributed by atoms with van der Waals surface area (Å²) in [5.74, 6) is 0.